The van der Waals surface area contributed by atoms with Crippen LogP contribution in [0.15, 0.2) is 30.3 Å². The first-order valence-corrected chi connectivity index (χ1v) is 5.56. The Kier molecular flexibility index (Phi) is 2.70. The molecule has 1 atom stereocenters. The fraction of sp³-hybridized carbons (Fsp3) is 0.273. The average molecular weight is 206 g/mol. The van der Waals surface area contributed by atoms with Crippen molar-refractivity contribution >= 4 is 26.4 Å². The highest BCUT2D eigenvalue weighted by atomic mass is 32.1. The van der Waals surface area contributed by atoms with Crippen LogP contribution in [0.4, 0.5) is 5.00 Å². The van der Waals surface area contributed by atoms with Crippen molar-refractivity contribution < 1.29 is 0 Å². The number of hydrogen-bond acceptors (Lipinski definition) is 3. The molecule has 2 rings (SSSR count). The number of nitrogens with two attached hydrogens (primary N) is 1. The molecule has 1 aromatic heterocycles. The Morgan fingerprint density at radius 1 is 1.43 bits per heavy atom. The summed E-state index contributed by atoms with van der Waals surface area (Å²) >= 11 is 1.77. The minimum atomic E-state index is 0.336. The van der Waals surface area contributed by atoms with Gasteiger partial charge in [0.1, 0.15) is 0 Å². The zero-order chi connectivity index (χ0) is 9.97. The normalized spacial score (nSPS) is 13.0. The van der Waals surface area contributed by atoms with E-state index in [0.29, 0.717) is 12.6 Å². The van der Waals surface area contributed by atoms with E-state index in [1.165, 1.54) is 15.1 Å². The van der Waals surface area contributed by atoms with Crippen molar-refractivity contribution in [2.24, 2.45) is 5.73 Å². The maximum atomic E-state index is 5.56. The van der Waals surface area contributed by atoms with Gasteiger partial charge in [-0.1, -0.05) is 18.2 Å². The lowest BCUT2D eigenvalue weighted by atomic mass is 10.2. The SMILES string of the molecule is CC(CN)Nc1cc2ccccc2s1. The molecule has 1 heterocycles. The van der Waals surface area contributed by atoms with Gasteiger partial charge in [-0.25, -0.2) is 0 Å². The van der Waals surface area contributed by atoms with Gasteiger partial charge in [0.2, 0.25) is 0 Å². The predicted molar refractivity (Wildman–Crippen MR) is 64.0 cm³/mol. The fourth-order valence-electron chi connectivity index (χ4n) is 1.35. The van der Waals surface area contributed by atoms with Crippen LogP contribution >= 0.6 is 11.3 Å². The van der Waals surface area contributed by atoms with E-state index in [9.17, 15) is 0 Å². The molecule has 0 bridgehead atoms. The molecule has 1 aromatic carbocycles. The molecular formula is C11H14N2S. The molecule has 0 saturated heterocycles. The number of thiophene rings is 1. The second kappa shape index (κ2) is 3.98. The molecule has 14 heavy (non-hydrogen) atoms. The summed E-state index contributed by atoms with van der Waals surface area (Å²) in [4.78, 5) is 0. The van der Waals surface area contributed by atoms with E-state index in [0.717, 1.165) is 0 Å². The average Bonchev–Trinajstić information content (AvgIpc) is 2.59. The Bertz CT molecular complexity index is 389. The maximum Gasteiger partial charge on any atom is 0.0897 e. The molecule has 0 aliphatic rings. The van der Waals surface area contributed by atoms with Crippen LogP contribution in [0.25, 0.3) is 10.1 Å². The summed E-state index contributed by atoms with van der Waals surface area (Å²) in [7, 11) is 0. The molecule has 2 nitrogen and oxygen atoms in total. The predicted octanol–water partition coefficient (Wildman–Crippen LogP) is 2.66. The van der Waals surface area contributed by atoms with Crippen molar-refractivity contribution in [3.05, 3.63) is 30.3 Å². The molecule has 74 valence electrons. The maximum absolute atomic E-state index is 5.56. The van der Waals surface area contributed by atoms with Crippen molar-refractivity contribution in [3.63, 3.8) is 0 Å². The Morgan fingerprint density at radius 2 is 2.21 bits per heavy atom. The summed E-state index contributed by atoms with van der Waals surface area (Å²) in [6.45, 7) is 2.75. The van der Waals surface area contributed by atoms with Crippen molar-refractivity contribution in [1.29, 1.82) is 0 Å². The van der Waals surface area contributed by atoms with Gasteiger partial charge >= 0.3 is 0 Å². The molecule has 1 unspecified atom stereocenters. The zero-order valence-electron chi connectivity index (χ0n) is 8.16. The Labute approximate surface area is 87.7 Å². The highest BCUT2D eigenvalue weighted by molar-refractivity contribution is 7.22. The van der Waals surface area contributed by atoms with Gasteiger partial charge in [-0.05, 0) is 24.4 Å². The molecule has 0 radical (unpaired) electrons. The molecule has 0 fully saturated rings. The van der Waals surface area contributed by atoms with Gasteiger partial charge in [-0.15, -0.1) is 11.3 Å². The summed E-state index contributed by atoms with van der Waals surface area (Å²) in [5, 5.41) is 5.87. The quantitative estimate of drug-likeness (QED) is 0.810. The molecule has 0 aliphatic heterocycles. The van der Waals surface area contributed by atoms with Gasteiger partial charge in [0.25, 0.3) is 0 Å². The van der Waals surface area contributed by atoms with Gasteiger partial charge < -0.3 is 11.1 Å². The molecule has 0 aliphatic carbocycles. The summed E-state index contributed by atoms with van der Waals surface area (Å²) < 4.78 is 1.32. The van der Waals surface area contributed by atoms with Gasteiger partial charge in [0.15, 0.2) is 0 Å². The van der Waals surface area contributed by atoms with Crippen LogP contribution < -0.4 is 11.1 Å². The van der Waals surface area contributed by atoms with E-state index >= 15 is 0 Å². The fourth-order valence-corrected chi connectivity index (χ4v) is 2.43. The Balaban J connectivity index is 2.27. The van der Waals surface area contributed by atoms with Gasteiger partial charge in [-0.2, -0.15) is 0 Å². The van der Waals surface area contributed by atoms with Crippen molar-refractivity contribution in [1.82, 2.24) is 0 Å². The number of hydrogen-bond donors (Lipinski definition) is 2. The van der Waals surface area contributed by atoms with Gasteiger partial charge in [0.05, 0.1) is 5.00 Å². The summed E-state index contributed by atoms with van der Waals surface area (Å²) in [5.41, 5.74) is 5.56. The van der Waals surface area contributed by atoms with Crippen LogP contribution in [0.2, 0.25) is 0 Å². The van der Waals surface area contributed by atoms with E-state index in [2.05, 4.69) is 42.6 Å². The summed E-state index contributed by atoms with van der Waals surface area (Å²) in [6.07, 6.45) is 0. The molecular weight excluding hydrogens is 192 g/mol. The van der Waals surface area contributed by atoms with E-state index < -0.39 is 0 Å². The van der Waals surface area contributed by atoms with Crippen molar-refractivity contribution in [3.8, 4) is 0 Å². The monoisotopic (exact) mass is 206 g/mol. The lowest BCUT2D eigenvalue weighted by Gasteiger charge is -2.09. The number of benzene rings is 1. The Morgan fingerprint density at radius 3 is 2.93 bits per heavy atom. The number of anilines is 1. The van der Waals surface area contributed by atoms with Crippen LogP contribution in [0, 0.1) is 0 Å². The lowest BCUT2D eigenvalue weighted by molar-refractivity contribution is 0.807. The molecule has 0 amide bonds. The molecule has 0 spiro atoms. The third-order valence-electron chi connectivity index (χ3n) is 2.17. The van der Waals surface area contributed by atoms with Crippen LogP contribution in [-0.2, 0) is 0 Å². The van der Waals surface area contributed by atoms with Crippen LogP contribution in [0.1, 0.15) is 6.92 Å². The summed E-state index contributed by atoms with van der Waals surface area (Å²) in [6, 6.07) is 10.9. The minimum absolute atomic E-state index is 0.336. The van der Waals surface area contributed by atoms with Crippen molar-refractivity contribution in [2.45, 2.75) is 13.0 Å². The second-order valence-corrected chi connectivity index (χ2v) is 4.51. The zero-order valence-corrected chi connectivity index (χ0v) is 8.97. The first kappa shape index (κ1) is 9.49. The van der Waals surface area contributed by atoms with E-state index in [4.69, 9.17) is 5.73 Å². The topological polar surface area (TPSA) is 38.0 Å². The van der Waals surface area contributed by atoms with Crippen LogP contribution in [0.3, 0.4) is 0 Å². The summed E-state index contributed by atoms with van der Waals surface area (Å²) in [5.74, 6) is 0. The molecule has 3 heteroatoms. The largest absolute Gasteiger partial charge is 0.373 e. The van der Waals surface area contributed by atoms with Crippen molar-refractivity contribution in [2.75, 3.05) is 11.9 Å². The number of nitrogens with one attached hydrogen (secondary N) is 1. The van der Waals surface area contributed by atoms with E-state index in [1.807, 2.05) is 0 Å². The molecule has 0 saturated carbocycles. The second-order valence-electron chi connectivity index (χ2n) is 3.43. The first-order chi connectivity index (χ1) is 6.79. The van der Waals surface area contributed by atoms with Crippen LogP contribution in [0.5, 0.6) is 0 Å². The standard InChI is InChI=1S/C11H14N2S/c1-8(7-12)13-11-6-9-4-2-3-5-10(9)14-11/h2-6,8,13H,7,12H2,1H3. The number of rotatable bonds is 3. The lowest BCUT2D eigenvalue weighted by Crippen LogP contribution is -2.24. The van der Waals surface area contributed by atoms with E-state index in [-0.39, 0.29) is 0 Å². The third kappa shape index (κ3) is 1.89. The van der Waals surface area contributed by atoms with Gasteiger partial charge in [-0.3, -0.25) is 0 Å². The minimum Gasteiger partial charge on any atom is -0.373 e. The number of fused-ring (bicyclic) bond motifs is 1. The van der Waals surface area contributed by atoms with Gasteiger partial charge in [0, 0.05) is 17.3 Å². The highest BCUT2D eigenvalue weighted by Crippen LogP contribution is 2.29. The first-order valence-electron chi connectivity index (χ1n) is 4.75. The third-order valence-corrected chi connectivity index (χ3v) is 3.22. The molecule has 3 N–H and O–H groups in total. The highest BCUT2D eigenvalue weighted by Gasteiger charge is 2.03. The smallest absolute Gasteiger partial charge is 0.0897 e. The van der Waals surface area contributed by atoms with E-state index in [1.54, 1.807) is 11.3 Å². The van der Waals surface area contributed by atoms with Crippen LogP contribution in [-0.4, -0.2) is 12.6 Å². The molecule has 2 aromatic rings. The Hall–Kier alpha value is -1.06.